The number of aryl methyl sites for hydroxylation is 1. The lowest BCUT2D eigenvalue weighted by atomic mass is 9.92. The average molecular weight is 474 g/mol. The molecular weight excluding hydrogens is 446 g/mol. The molecule has 0 aliphatic carbocycles. The summed E-state index contributed by atoms with van der Waals surface area (Å²) in [6, 6.07) is 19.4. The van der Waals surface area contributed by atoms with Gasteiger partial charge in [0.2, 0.25) is 5.91 Å². The summed E-state index contributed by atoms with van der Waals surface area (Å²) >= 11 is 1.59. The van der Waals surface area contributed by atoms with Crippen molar-refractivity contribution in [2.75, 3.05) is 12.0 Å². The largest absolute Gasteiger partial charge is 0.496 e. The third kappa shape index (κ3) is 3.47. The van der Waals surface area contributed by atoms with E-state index in [1.165, 1.54) is 0 Å². The molecule has 5 rings (SSSR count). The van der Waals surface area contributed by atoms with E-state index in [9.17, 15) is 9.59 Å². The summed E-state index contributed by atoms with van der Waals surface area (Å²) in [5, 5.41) is 6.12. The van der Waals surface area contributed by atoms with E-state index in [1.807, 2.05) is 77.5 Å². The van der Waals surface area contributed by atoms with E-state index >= 15 is 0 Å². The van der Waals surface area contributed by atoms with Crippen LogP contribution in [0.4, 0.5) is 5.69 Å². The molecule has 7 heteroatoms. The second-order valence-electron chi connectivity index (χ2n) is 8.69. The molecule has 34 heavy (non-hydrogen) atoms. The Morgan fingerprint density at radius 3 is 2.62 bits per heavy atom. The number of methoxy groups -OCH3 is 1. The van der Waals surface area contributed by atoms with Crippen LogP contribution in [0.15, 0.2) is 66.0 Å². The Labute approximate surface area is 202 Å². The molecule has 0 unspecified atom stereocenters. The molecule has 0 saturated carbocycles. The van der Waals surface area contributed by atoms with Crippen LogP contribution in [0.3, 0.4) is 0 Å². The average Bonchev–Trinajstić information content (AvgIpc) is 3.45. The minimum absolute atomic E-state index is 0.162. The van der Waals surface area contributed by atoms with Crippen molar-refractivity contribution < 1.29 is 14.3 Å². The number of carbonyl (C=O) groups excluding carboxylic acids is 2. The van der Waals surface area contributed by atoms with E-state index in [0.29, 0.717) is 24.5 Å². The number of amides is 2. The van der Waals surface area contributed by atoms with Crippen LogP contribution in [-0.4, -0.2) is 29.0 Å². The van der Waals surface area contributed by atoms with Crippen LogP contribution >= 0.6 is 11.3 Å². The van der Waals surface area contributed by atoms with E-state index in [1.54, 1.807) is 23.3 Å². The molecule has 2 aromatic heterocycles. The molecule has 6 nitrogen and oxygen atoms in total. The number of carbonyl (C=O) groups is 2. The van der Waals surface area contributed by atoms with E-state index in [2.05, 4.69) is 12.2 Å². The predicted octanol–water partition coefficient (Wildman–Crippen LogP) is 5.01. The highest BCUT2D eigenvalue weighted by Gasteiger charge is 2.49. The van der Waals surface area contributed by atoms with Gasteiger partial charge in [0.05, 0.1) is 13.7 Å². The van der Waals surface area contributed by atoms with Crippen LogP contribution in [-0.2, 0) is 24.3 Å². The molecule has 0 spiro atoms. The maximum absolute atomic E-state index is 14.0. The molecular formula is C27H27N3O3S. The lowest BCUT2D eigenvalue weighted by Gasteiger charge is -2.44. The van der Waals surface area contributed by atoms with E-state index in [0.717, 1.165) is 33.5 Å². The number of para-hydroxylation sites is 2. The van der Waals surface area contributed by atoms with Gasteiger partial charge in [0.25, 0.3) is 5.91 Å². The first-order valence-electron chi connectivity index (χ1n) is 11.4. The van der Waals surface area contributed by atoms with Crippen LogP contribution in [0.2, 0.25) is 0 Å². The number of hydrogen-bond acceptors (Lipinski definition) is 4. The molecule has 3 heterocycles. The van der Waals surface area contributed by atoms with Gasteiger partial charge in [-0.05, 0) is 48.6 Å². The molecule has 0 bridgehead atoms. The molecule has 174 valence electrons. The highest BCUT2D eigenvalue weighted by molar-refractivity contribution is 7.16. The monoisotopic (exact) mass is 473 g/mol. The van der Waals surface area contributed by atoms with Gasteiger partial charge in [-0.15, -0.1) is 11.3 Å². The fraction of sp³-hybridized carbons (Fsp3) is 0.259. The van der Waals surface area contributed by atoms with Gasteiger partial charge in [-0.2, -0.15) is 0 Å². The standard InChI is InChI=1S/C27H27N3O3S/c1-4-18-9-5-7-11-21(18)30-24(31)22-15-19-13-14-34-25(19)29(22)17-27(30,2)26(32)28-16-20-10-6-8-12-23(20)33-3/h5-15H,4,16-17H2,1-3H3,(H,28,32)/t27-/m1/s1. The van der Waals surface area contributed by atoms with Gasteiger partial charge in [0, 0.05) is 23.2 Å². The second-order valence-corrected chi connectivity index (χ2v) is 9.58. The van der Waals surface area contributed by atoms with Crippen LogP contribution < -0.4 is 15.0 Å². The van der Waals surface area contributed by atoms with Gasteiger partial charge in [-0.25, -0.2) is 0 Å². The van der Waals surface area contributed by atoms with Crippen molar-refractivity contribution >= 4 is 39.1 Å². The van der Waals surface area contributed by atoms with Crippen molar-refractivity contribution in [2.24, 2.45) is 0 Å². The number of benzene rings is 2. The molecule has 1 N–H and O–H groups in total. The SMILES string of the molecule is CCc1ccccc1N1C(=O)c2cc3ccsc3n2C[C@]1(C)C(=O)NCc1ccccc1OC. The molecule has 4 aromatic rings. The van der Waals surface area contributed by atoms with Crippen molar-refractivity contribution in [1.29, 1.82) is 0 Å². The first kappa shape index (κ1) is 22.2. The maximum Gasteiger partial charge on any atom is 0.275 e. The number of anilines is 1. The number of fused-ring (bicyclic) bond motifs is 3. The van der Waals surface area contributed by atoms with Gasteiger partial charge < -0.3 is 14.6 Å². The van der Waals surface area contributed by atoms with Gasteiger partial charge in [0.1, 0.15) is 21.8 Å². The van der Waals surface area contributed by atoms with Crippen LogP contribution in [0.25, 0.3) is 10.2 Å². The van der Waals surface area contributed by atoms with Crippen LogP contribution in [0, 0.1) is 0 Å². The number of rotatable bonds is 6. The summed E-state index contributed by atoms with van der Waals surface area (Å²) in [6.07, 6.45) is 0.759. The number of hydrogen-bond donors (Lipinski definition) is 1. The molecule has 0 fully saturated rings. The molecule has 1 aliphatic rings. The Morgan fingerprint density at radius 2 is 1.85 bits per heavy atom. The Bertz CT molecular complexity index is 1390. The van der Waals surface area contributed by atoms with Crippen molar-refractivity contribution in [3.63, 3.8) is 0 Å². The Balaban J connectivity index is 1.58. The molecule has 2 aromatic carbocycles. The van der Waals surface area contributed by atoms with Crippen molar-refractivity contribution in [3.8, 4) is 5.75 Å². The fourth-order valence-electron chi connectivity index (χ4n) is 4.82. The molecule has 0 radical (unpaired) electrons. The third-order valence-electron chi connectivity index (χ3n) is 6.62. The number of ether oxygens (including phenoxy) is 1. The minimum Gasteiger partial charge on any atom is -0.496 e. The first-order chi connectivity index (χ1) is 16.5. The van der Waals surface area contributed by atoms with E-state index in [-0.39, 0.29) is 11.8 Å². The summed E-state index contributed by atoms with van der Waals surface area (Å²) in [7, 11) is 1.62. The highest BCUT2D eigenvalue weighted by atomic mass is 32.1. The summed E-state index contributed by atoms with van der Waals surface area (Å²) < 4.78 is 7.44. The maximum atomic E-state index is 14.0. The number of nitrogens with one attached hydrogen (secondary N) is 1. The lowest BCUT2D eigenvalue weighted by Crippen LogP contribution is -2.64. The number of thiophene rings is 1. The number of nitrogens with zero attached hydrogens (tertiary/aromatic N) is 2. The Morgan fingerprint density at radius 1 is 1.12 bits per heavy atom. The Kier molecular flexibility index (Phi) is 5.65. The molecule has 2 amide bonds. The van der Waals surface area contributed by atoms with Crippen molar-refractivity contribution in [3.05, 3.63) is 82.9 Å². The zero-order valence-corrected chi connectivity index (χ0v) is 20.3. The van der Waals surface area contributed by atoms with E-state index in [4.69, 9.17) is 4.74 Å². The topological polar surface area (TPSA) is 63.6 Å². The van der Waals surface area contributed by atoms with Gasteiger partial charge in [-0.3, -0.25) is 14.5 Å². The van der Waals surface area contributed by atoms with Gasteiger partial charge in [-0.1, -0.05) is 43.3 Å². The van der Waals surface area contributed by atoms with Gasteiger partial charge in [0.15, 0.2) is 0 Å². The third-order valence-corrected chi connectivity index (χ3v) is 7.57. The summed E-state index contributed by atoms with van der Waals surface area (Å²) in [5.41, 5.74) is 2.18. The van der Waals surface area contributed by atoms with Crippen molar-refractivity contribution in [1.82, 2.24) is 9.88 Å². The Hall–Kier alpha value is -3.58. The second kappa shape index (κ2) is 8.65. The number of aromatic nitrogens is 1. The lowest BCUT2D eigenvalue weighted by molar-refractivity contribution is -0.126. The minimum atomic E-state index is -1.12. The molecule has 0 saturated heterocycles. The van der Waals surface area contributed by atoms with Crippen LogP contribution in [0.5, 0.6) is 5.75 Å². The molecule has 1 aliphatic heterocycles. The predicted molar refractivity (Wildman–Crippen MR) is 136 cm³/mol. The molecule has 1 atom stereocenters. The normalized spacial score (nSPS) is 17.6. The highest BCUT2D eigenvalue weighted by Crippen LogP contribution is 2.38. The summed E-state index contributed by atoms with van der Waals surface area (Å²) in [4.78, 5) is 30.5. The zero-order valence-electron chi connectivity index (χ0n) is 19.5. The quantitative estimate of drug-likeness (QED) is 0.428. The summed E-state index contributed by atoms with van der Waals surface area (Å²) in [5.74, 6) is 0.348. The van der Waals surface area contributed by atoms with Crippen LogP contribution in [0.1, 0.15) is 35.5 Å². The summed E-state index contributed by atoms with van der Waals surface area (Å²) in [6.45, 7) is 4.60. The first-order valence-corrected chi connectivity index (χ1v) is 12.2. The van der Waals surface area contributed by atoms with Crippen molar-refractivity contribution in [2.45, 2.75) is 38.9 Å². The van der Waals surface area contributed by atoms with E-state index < -0.39 is 5.54 Å². The smallest absolute Gasteiger partial charge is 0.275 e. The fourth-order valence-corrected chi connectivity index (χ4v) is 5.71. The van der Waals surface area contributed by atoms with Gasteiger partial charge >= 0.3 is 0 Å². The zero-order chi connectivity index (χ0) is 23.9.